The summed E-state index contributed by atoms with van der Waals surface area (Å²) in [6.07, 6.45) is -0.459. The fraction of sp³-hybridized carbons (Fsp3) is 0.611. The van der Waals surface area contributed by atoms with E-state index in [1.165, 1.54) is 11.8 Å². The van der Waals surface area contributed by atoms with Gasteiger partial charge in [-0.3, -0.25) is 28.8 Å². The van der Waals surface area contributed by atoms with E-state index in [0.29, 0.717) is 5.75 Å². The van der Waals surface area contributed by atoms with Crippen molar-refractivity contribution in [3.05, 3.63) is 0 Å². The van der Waals surface area contributed by atoms with E-state index in [1.54, 1.807) is 6.26 Å². The molecule has 4 amide bonds. The average Bonchev–Trinajstić information content (AvgIpc) is 2.72. The Hall–Kier alpha value is -3.40. The van der Waals surface area contributed by atoms with Gasteiger partial charge in [0.1, 0.15) is 18.1 Å². The summed E-state index contributed by atoms with van der Waals surface area (Å²) in [5.41, 5.74) is 10.7. The molecule has 4 unspecified atom stereocenters. The predicted molar refractivity (Wildman–Crippen MR) is 117 cm³/mol. The second-order valence-electron chi connectivity index (χ2n) is 7.11. The quantitative estimate of drug-likeness (QED) is 0.0968. The molecule has 0 fully saturated rings. The zero-order valence-electron chi connectivity index (χ0n) is 18.3. The van der Waals surface area contributed by atoms with E-state index in [4.69, 9.17) is 26.8 Å². The first kappa shape index (κ1) is 30.6. The van der Waals surface area contributed by atoms with Crippen LogP contribution in [-0.4, -0.2) is 93.0 Å². The first-order valence-corrected chi connectivity index (χ1v) is 11.3. The van der Waals surface area contributed by atoms with Crippen LogP contribution in [0.2, 0.25) is 0 Å². The number of nitrogens with one attached hydrogen (secondary N) is 3. The maximum Gasteiger partial charge on any atom is 0.326 e. The monoisotopic (exact) mass is 507 g/mol. The number of thioether (sulfide) groups is 1. The van der Waals surface area contributed by atoms with Gasteiger partial charge in [0.05, 0.1) is 18.9 Å². The van der Waals surface area contributed by atoms with E-state index >= 15 is 0 Å². The van der Waals surface area contributed by atoms with Crippen LogP contribution in [0.25, 0.3) is 0 Å². The molecule has 0 aromatic carbocycles. The molecule has 0 aliphatic heterocycles. The lowest BCUT2D eigenvalue weighted by molar-refractivity contribution is -0.147. The van der Waals surface area contributed by atoms with Crippen molar-refractivity contribution in [2.45, 2.75) is 56.3 Å². The Morgan fingerprint density at radius 1 is 0.765 bits per heavy atom. The van der Waals surface area contributed by atoms with E-state index in [2.05, 4.69) is 10.6 Å². The topological polar surface area (TPSA) is 268 Å². The molecule has 0 rings (SSSR count). The number of carbonyl (C=O) groups is 7. The van der Waals surface area contributed by atoms with Crippen molar-refractivity contribution < 1.29 is 48.9 Å². The van der Waals surface area contributed by atoms with Gasteiger partial charge >= 0.3 is 17.9 Å². The Morgan fingerprint density at radius 2 is 1.29 bits per heavy atom. The molecule has 4 atom stereocenters. The molecule has 0 aromatic rings. The smallest absolute Gasteiger partial charge is 0.326 e. The van der Waals surface area contributed by atoms with Crippen LogP contribution in [0.1, 0.15) is 32.1 Å². The largest absolute Gasteiger partial charge is 0.481 e. The number of primary amides is 1. The van der Waals surface area contributed by atoms with Gasteiger partial charge in [-0.1, -0.05) is 0 Å². The molecule has 0 radical (unpaired) electrons. The molecular formula is C18H29N5O10S. The Bertz CT molecular complexity index is 793. The van der Waals surface area contributed by atoms with Gasteiger partial charge < -0.3 is 42.7 Å². The maximum atomic E-state index is 12.8. The summed E-state index contributed by atoms with van der Waals surface area (Å²) < 4.78 is 0. The summed E-state index contributed by atoms with van der Waals surface area (Å²) >= 11 is 1.34. The molecule has 0 aromatic heterocycles. The number of carbonyl (C=O) groups excluding carboxylic acids is 4. The van der Waals surface area contributed by atoms with Crippen molar-refractivity contribution in [3.8, 4) is 0 Å². The summed E-state index contributed by atoms with van der Waals surface area (Å²) in [6.45, 7) is 0. The van der Waals surface area contributed by atoms with Gasteiger partial charge in [-0.25, -0.2) is 4.79 Å². The molecule has 15 nitrogen and oxygen atoms in total. The summed E-state index contributed by atoms with van der Waals surface area (Å²) in [5.74, 6) is -7.87. The van der Waals surface area contributed by atoms with E-state index in [9.17, 15) is 33.6 Å². The van der Waals surface area contributed by atoms with Crippen molar-refractivity contribution in [1.82, 2.24) is 16.0 Å². The third-order valence-corrected chi connectivity index (χ3v) is 4.93. The average molecular weight is 508 g/mol. The molecule has 0 saturated heterocycles. The molecule has 0 bridgehead atoms. The lowest BCUT2D eigenvalue weighted by Gasteiger charge is -2.24. The molecule has 192 valence electrons. The SMILES string of the molecule is CSCCC(NC(=O)C(N)CCC(=O)O)C(=O)NC(CC(N)=O)C(=O)NC(CC(=O)O)C(=O)O. The molecule has 0 saturated carbocycles. The molecular weight excluding hydrogens is 478 g/mol. The van der Waals surface area contributed by atoms with Crippen LogP contribution in [0.4, 0.5) is 0 Å². The minimum absolute atomic E-state index is 0.0755. The summed E-state index contributed by atoms with van der Waals surface area (Å²) in [6, 6.07) is -5.95. The van der Waals surface area contributed by atoms with Crippen LogP contribution in [0.3, 0.4) is 0 Å². The highest BCUT2D eigenvalue weighted by Gasteiger charge is 2.31. The summed E-state index contributed by atoms with van der Waals surface area (Å²) in [4.78, 5) is 81.5. The number of nitrogens with two attached hydrogens (primary N) is 2. The number of hydrogen-bond acceptors (Lipinski definition) is 9. The van der Waals surface area contributed by atoms with Crippen LogP contribution in [0.5, 0.6) is 0 Å². The van der Waals surface area contributed by atoms with Gasteiger partial charge in [-0.2, -0.15) is 11.8 Å². The molecule has 16 heteroatoms. The highest BCUT2D eigenvalue weighted by molar-refractivity contribution is 7.98. The van der Waals surface area contributed by atoms with Crippen molar-refractivity contribution in [3.63, 3.8) is 0 Å². The fourth-order valence-corrected chi connectivity index (χ4v) is 2.99. The lowest BCUT2D eigenvalue weighted by atomic mass is 10.1. The molecule has 0 aliphatic carbocycles. The standard InChI is InChI=1S/C18H29N5O10S/c1-34-5-4-9(21-15(29)8(19)2-3-13(25)26)16(30)22-10(6-12(20)24)17(31)23-11(18(32)33)7-14(27)28/h8-11H,2-7,19H2,1H3,(H2,20,24)(H,21,29)(H,22,30)(H,23,31)(H,25,26)(H,27,28)(H,32,33). The van der Waals surface area contributed by atoms with Crippen molar-refractivity contribution in [2.24, 2.45) is 11.5 Å². The molecule has 10 N–H and O–H groups in total. The normalized spacial score (nSPS) is 14.1. The van der Waals surface area contributed by atoms with Gasteiger partial charge in [0, 0.05) is 6.42 Å². The summed E-state index contributed by atoms with van der Waals surface area (Å²) in [5, 5.41) is 33.0. The highest BCUT2D eigenvalue weighted by atomic mass is 32.2. The minimum Gasteiger partial charge on any atom is -0.481 e. The third-order valence-electron chi connectivity index (χ3n) is 4.28. The third kappa shape index (κ3) is 12.6. The van der Waals surface area contributed by atoms with Gasteiger partial charge in [-0.05, 0) is 24.9 Å². The van der Waals surface area contributed by atoms with Crippen LogP contribution in [0, 0.1) is 0 Å². The van der Waals surface area contributed by atoms with Crippen LogP contribution < -0.4 is 27.4 Å². The zero-order valence-corrected chi connectivity index (χ0v) is 19.1. The molecule has 0 aliphatic rings. The molecule has 0 heterocycles. The Balaban J connectivity index is 5.47. The number of hydrogen-bond donors (Lipinski definition) is 8. The number of amides is 4. The number of rotatable bonds is 17. The van der Waals surface area contributed by atoms with Crippen molar-refractivity contribution in [2.75, 3.05) is 12.0 Å². The molecule has 0 spiro atoms. The van der Waals surface area contributed by atoms with Gasteiger partial charge in [0.25, 0.3) is 0 Å². The second-order valence-corrected chi connectivity index (χ2v) is 8.10. The highest BCUT2D eigenvalue weighted by Crippen LogP contribution is 2.05. The zero-order chi connectivity index (χ0) is 26.4. The lowest BCUT2D eigenvalue weighted by Crippen LogP contribution is -2.58. The van der Waals surface area contributed by atoms with Gasteiger partial charge in [-0.15, -0.1) is 0 Å². The molecule has 34 heavy (non-hydrogen) atoms. The van der Waals surface area contributed by atoms with Crippen molar-refractivity contribution >= 4 is 53.3 Å². The van der Waals surface area contributed by atoms with Gasteiger partial charge in [0.2, 0.25) is 23.6 Å². The first-order chi connectivity index (χ1) is 15.8. The van der Waals surface area contributed by atoms with Gasteiger partial charge in [0.15, 0.2) is 0 Å². The Kier molecular flexibility index (Phi) is 13.9. The number of carboxylic acid groups (broad SMARTS) is 3. The summed E-state index contributed by atoms with van der Waals surface area (Å²) in [7, 11) is 0. The fourth-order valence-electron chi connectivity index (χ4n) is 2.52. The van der Waals surface area contributed by atoms with E-state index in [0.717, 1.165) is 0 Å². The van der Waals surface area contributed by atoms with Crippen molar-refractivity contribution in [1.29, 1.82) is 0 Å². The van der Waals surface area contributed by atoms with Crippen LogP contribution >= 0.6 is 11.8 Å². The van der Waals surface area contributed by atoms with E-state index < -0.39 is 78.5 Å². The van der Waals surface area contributed by atoms with Crippen LogP contribution in [0.15, 0.2) is 0 Å². The number of carboxylic acids is 3. The Labute approximate surface area is 198 Å². The first-order valence-electron chi connectivity index (χ1n) is 9.88. The van der Waals surface area contributed by atoms with Crippen LogP contribution in [-0.2, 0) is 33.6 Å². The van der Waals surface area contributed by atoms with E-state index in [1.807, 2.05) is 5.32 Å². The minimum atomic E-state index is -1.84. The van der Waals surface area contributed by atoms with E-state index in [-0.39, 0.29) is 19.3 Å². The maximum absolute atomic E-state index is 12.8. The number of aliphatic carboxylic acids is 3. The Morgan fingerprint density at radius 3 is 1.76 bits per heavy atom. The second kappa shape index (κ2) is 15.4. The predicted octanol–water partition coefficient (Wildman–Crippen LogP) is -3.18.